The Bertz CT molecular complexity index is 1180. The maximum Gasteiger partial charge on any atom is 0.231 e. The number of hydrogen-bond donors (Lipinski definition) is 1. The number of thioether (sulfide) groups is 1. The van der Waals surface area contributed by atoms with E-state index in [-0.39, 0.29) is 12.0 Å². The van der Waals surface area contributed by atoms with E-state index in [1.165, 1.54) is 23.1 Å². The molecule has 1 fully saturated rings. The van der Waals surface area contributed by atoms with E-state index in [9.17, 15) is 4.79 Å². The maximum absolute atomic E-state index is 12.4. The summed E-state index contributed by atoms with van der Waals surface area (Å²) in [7, 11) is 0. The van der Waals surface area contributed by atoms with Crippen molar-refractivity contribution in [3.8, 4) is 17.3 Å². The highest BCUT2D eigenvalue weighted by atomic mass is 35.5. The Labute approximate surface area is 216 Å². The van der Waals surface area contributed by atoms with E-state index in [0.717, 1.165) is 40.7 Å². The number of carbonyl (C=O) groups excluding carboxylic acids is 1. The van der Waals surface area contributed by atoms with Gasteiger partial charge in [-0.15, -0.1) is 11.3 Å². The topological polar surface area (TPSA) is 78.2 Å². The van der Waals surface area contributed by atoms with Gasteiger partial charge in [0.15, 0.2) is 4.34 Å². The van der Waals surface area contributed by atoms with Crippen LogP contribution >= 0.6 is 46.3 Å². The minimum Gasteiger partial charge on any atom is -0.375 e. The number of hydrogen-bond acceptors (Lipinski definition) is 7. The van der Waals surface area contributed by atoms with Crippen molar-refractivity contribution in [2.24, 2.45) is 0 Å². The van der Waals surface area contributed by atoms with Crippen molar-refractivity contribution in [3.05, 3.63) is 69.0 Å². The van der Waals surface area contributed by atoms with Gasteiger partial charge in [-0.25, -0.2) is 4.98 Å². The number of nitriles is 1. The van der Waals surface area contributed by atoms with Gasteiger partial charge in [-0.3, -0.25) is 9.69 Å². The summed E-state index contributed by atoms with van der Waals surface area (Å²) >= 11 is 15.0. The van der Waals surface area contributed by atoms with E-state index in [2.05, 4.69) is 21.3 Å². The number of nitrogens with one attached hydrogen (secondary N) is 1. The van der Waals surface area contributed by atoms with Crippen LogP contribution < -0.4 is 5.32 Å². The number of aromatic nitrogens is 1. The maximum atomic E-state index is 12.4. The van der Waals surface area contributed by atoms with Crippen LogP contribution in [-0.2, 0) is 16.0 Å². The Kier molecular flexibility index (Phi) is 8.84. The van der Waals surface area contributed by atoms with E-state index in [4.69, 9.17) is 33.2 Å². The molecule has 1 aliphatic heterocycles. The molecule has 1 amide bonds. The van der Waals surface area contributed by atoms with Gasteiger partial charge in [-0.1, -0.05) is 53.2 Å². The number of halogens is 2. The summed E-state index contributed by atoms with van der Waals surface area (Å²) in [6.07, 6.45) is 0.774. The van der Waals surface area contributed by atoms with Crippen molar-refractivity contribution in [2.75, 3.05) is 32.1 Å². The molecule has 1 aliphatic rings. The zero-order valence-corrected chi connectivity index (χ0v) is 21.3. The highest BCUT2D eigenvalue weighted by Gasteiger charge is 2.21. The molecule has 3 aromatic rings. The first kappa shape index (κ1) is 25.0. The van der Waals surface area contributed by atoms with Crippen LogP contribution in [0.1, 0.15) is 11.1 Å². The van der Waals surface area contributed by atoms with Crippen molar-refractivity contribution in [1.29, 1.82) is 5.26 Å². The molecule has 1 aromatic heterocycles. The first-order chi connectivity index (χ1) is 16.5. The molecule has 34 heavy (non-hydrogen) atoms. The van der Waals surface area contributed by atoms with Crippen LogP contribution in [0, 0.1) is 11.3 Å². The lowest BCUT2D eigenvalue weighted by atomic mass is 10.1. The van der Waals surface area contributed by atoms with Gasteiger partial charge in [0.2, 0.25) is 5.91 Å². The molecular weight excluding hydrogens is 511 g/mol. The summed E-state index contributed by atoms with van der Waals surface area (Å²) in [4.78, 5) is 19.2. The van der Waals surface area contributed by atoms with Crippen LogP contribution in [-0.4, -0.2) is 54.0 Å². The van der Waals surface area contributed by atoms with E-state index in [1.54, 1.807) is 18.2 Å². The standard InChI is InChI=1S/C24H22Cl2N4O2S2/c25-20-6-3-17(10-21(20)26)9-19-12-30(7-8-32-19)15-28-23(31)14-34-24-29-22(13-33-24)18-4-1-16(11-27)2-5-18/h1-6,10,13,19H,7-9,12,14-15H2,(H,28,31)/t19-/m0/s1. The molecule has 1 saturated heterocycles. The van der Waals surface area contributed by atoms with Crippen molar-refractivity contribution in [2.45, 2.75) is 16.9 Å². The summed E-state index contributed by atoms with van der Waals surface area (Å²) in [5.41, 5.74) is 3.49. The lowest BCUT2D eigenvalue weighted by Gasteiger charge is -2.33. The SMILES string of the molecule is N#Cc1ccc(-c2csc(SCC(=O)NCN3CCO[C@@H](Cc4ccc(Cl)c(Cl)c4)C3)n2)cc1. The largest absolute Gasteiger partial charge is 0.375 e. The minimum atomic E-state index is -0.0346. The third-order valence-electron chi connectivity index (χ3n) is 5.29. The van der Waals surface area contributed by atoms with Crippen molar-refractivity contribution in [3.63, 3.8) is 0 Å². The number of amides is 1. The Balaban J connectivity index is 1.20. The smallest absolute Gasteiger partial charge is 0.231 e. The second-order valence-electron chi connectivity index (χ2n) is 7.76. The molecule has 4 rings (SSSR count). The molecule has 10 heteroatoms. The van der Waals surface area contributed by atoms with E-state index < -0.39 is 0 Å². The molecule has 0 unspecified atom stereocenters. The van der Waals surface area contributed by atoms with Crippen LogP contribution in [0.25, 0.3) is 11.3 Å². The molecule has 1 atom stereocenters. The molecule has 176 valence electrons. The number of thiazole rings is 1. The molecule has 1 N–H and O–H groups in total. The number of carbonyl (C=O) groups is 1. The Morgan fingerprint density at radius 3 is 2.85 bits per heavy atom. The number of rotatable bonds is 8. The molecule has 0 aliphatic carbocycles. The van der Waals surface area contributed by atoms with E-state index in [0.29, 0.717) is 34.6 Å². The number of ether oxygens (including phenoxy) is 1. The van der Waals surface area contributed by atoms with Gasteiger partial charge in [-0.2, -0.15) is 5.26 Å². The van der Waals surface area contributed by atoms with Crippen LogP contribution in [0.2, 0.25) is 10.0 Å². The van der Waals surface area contributed by atoms with Gasteiger partial charge in [-0.05, 0) is 36.2 Å². The predicted octanol–water partition coefficient (Wildman–Crippen LogP) is 5.10. The Hall–Kier alpha value is -2.12. The fourth-order valence-electron chi connectivity index (χ4n) is 3.53. The van der Waals surface area contributed by atoms with Crippen molar-refractivity contribution < 1.29 is 9.53 Å². The van der Waals surface area contributed by atoms with Crippen molar-refractivity contribution in [1.82, 2.24) is 15.2 Å². The van der Waals surface area contributed by atoms with Crippen LogP contribution in [0.4, 0.5) is 0 Å². The zero-order chi connectivity index (χ0) is 23.9. The van der Waals surface area contributed by atoms with Gasteiger partial charge >= 0.3 is 0 Å². The highest BCUT2D eigenvalue weighted by Crippen LogP contribution is 2.28. The number of morpholine rings is 1. The van der Waals surface area contributed by atoms with Gasteiger partial charge in [0.1, 0.15) is 0 Å². The fraction of sp³-hybridized carbons (Fsp3) is 0.292. The molecular formula is C24H22Cl2N4O2S2. The Morgan fingerprint density at radius 2 is 2.09 bits per heavy atom. The quantitative estimate of drug-likeness (QED) is 0.406. The monoisotopic (exact) mass is 532 g/mol. The summed E-state index contributed by atoms with van der Waals surface area (Å²) in [6.45, 7) is 2.60. The number of nitrogens with zero attached hydrogens (tertiary/aromatic N) is 3. The summed E-state index contributed by atoms with van der Waals surface area (Å²) in [6, 6.07) is 15.0. The van der Waals surface area contributed by atoms with Gasteiger partial charge < -0.3 is 10.1 Å². The summed E-state index contributed by atoms with van der Waals surface area (Å²) < 4.78 is 6.72. The first-order valence-electron chi connectivity index (χ1n) is 10.6. The lowest BCUT2D eigenvalue weighted by molar-refractivity contribution is -0.120. The van der Waals surface area contributed by atoms with Crippen LogP contribution in [0.15, 0.2) is 52.2 Å². The molecule has 2 aromatic carbocycles. The predicted molar refractivity (Wildman–Crippen MR) is 137 cm³/mol. The molecule has 6 nitrogen and oxygen atoms in total. The first-order valence-corrected chi connectivity index (χ1v) is 13.3. The Morgan fingerprint density at radius 1 is 1.26 bits per heavy atom. The molecule has 0 bridgehead atoms. The highest BCUT2D eigenvalue weighted by molar-refractivity contribution is 8.01. The average molecular weight is 534 g/mol. The van der Waals surface area contributed by atoms with Crippen LogP contribution in [0.3, 0.4) is 0 Å². The summed E-state index contributed by atoms with van der Waals surface area (Å²) in [5, 5.41) is 15.0. The van der Waals surface area contributed by atoms with Gasteiger partial charge in [0.05, 0.1) is 52.5 Å². The summed E-state index contributed by atoms with van der Waals surface area (Å²) in [5.74, 6) is 0.268. The van der Waals surface area contributed by atoms with Gasteiger partial charge in [0, 0.05) is 24.0 Å². The molecule has 0 radical (unpaired) electrons. The second kappa shape index (κ2) is 12.0. The fourth-order valence-corrected chi connectivity index (χ4v) is 5.51. The van der Waals surface area contributed by atoms with Crippen LogP contribution in [0.5, 0.6) is 0 Å². The number of benzene rings is 2. The third kappa shape index (κ3) is 6.95. The molecule has 0 saturated carbocycles. The third-order valence-corrected chi connectivity index (χ3v) is 8.05. The molecule has 2 heterocycles. The van der Waals surface area contributed by atoms with Crippen molar-refractivity contribution >= 4 is 52.2 Å². The normalized spacial score (nSPS) is 16.2. The zero-order valence-electron chi connectivity index (χ0n) is 18.2. The van der Waals surface area contributed by atoms with Gasteiger partial charge in [0.25, 0.3) is 0 Å². The second-order valence-corrected chi connectivity index (χ2v) is 10.7. The van der Waals surface area contributed by atoms with E-state index in [1.807, 2.05) is 29.6 Å². The minimum absolute atomic E-state index is 0.0346. The molecule has 0 spiro atoms. The van der Waals surface area contributed by atoms with E-state index >= 15 is 0 Å². The lowest BCUT2D eigenvalue weighted by Crippen LogP contribution is -2.48. The average Bonchev–Trinajstić information content (AvgIpc) is 3.33.